The largest absolute Gasteiger partial charge is 0.475 e. The maximum absolute atomic E-state index is 12.7. The first-order valence-corrected chi connectivity index (χ1v) is 3.66. The van der Waals surface area contributed by atoms with Gasteiger partial charge in [0.2, 0.25) is 0 Å². The molecule has 2 N–H and O–H groups in total. The van der Waals surface area contributed by atoms with Gasteiger partial charge >= 0.3 is 0 Å². The van der Waals surface area contributed by atoms with E-state index in [-0.39, 0.29) is 10.8 Å². The molecule has 0 spiro atoms. The highest BCUT2D eigenvalue weighted by atomic mass is 35.5. The smallest absolute Gasteiger partial charge is 0.142 e. The second kappa shape index (κ2) is 3.69. The molecule has 0 saturated carbocycles. The van der Waals surface area contributed by atoms with Crippen LogP contribution < -0.4 is 5.32 Å². The SMILES string of the molecule is [CH2-][NH2+]Cc1ccc(Cl)c(F)c1. The van der Waals surface area contributed by atoms with Gasteiger partial charge in [0.25, 0.3) is 0 Å². The van der Waals surface area contributed by atoms with E-state index >= 15 is 0 Å². The minimum atomic E-state index is -0.369. The van der Waals surface area contributed by atoms with Crippen LogP contribution in [0.4, 0.5) is 4.39 Å². The Bertz CT molecular complexity index is 250. The Hall–Kier alpha value is -0.600. The Kier molecular flexibility index (Phi) is 2.85. The second-order valence-corrected chi connectivity index (χ2v) is 2.65. The van der Waals surface area contributed by atoms with Crippen LogP contribution in [0, 0.1) is 12.9 Å². The van der Waals surface area contributed by atoms with Gasteiger partial charge in [-0.25, -0.2) is 4.39 Å². The van der Waals surface area contributed by atoms with Crippen LogP contribution in [0.25, 0.3) is 0 Å². The average molecular weight is 174 g/mol. The minimum absolute atomic E-state index is 0.165. The van der Waals surface area contributed by atoms with E-state index in [1.165, 1.54) is 6.07 Å². The lowest BCUT2D eigenvalue weighted by molar-refractivity contribution is -0.612. The number of quaternary nitrogens is 1. The van der Waals surface area contributed by atoms with E-state index in [0.717, 1.165) is 5.56 Å². The fourth-order valence-corrected chi connectivity index (χ4v) is 0.951. The molecule has 1 aromatic carbocycles. The Labute approximate surface area is 70.2 Å². The normalized spacial score (nSPS) is 10.1. The summed E-state index contributed by atoms with van der Waals surface area (Å²) < 4.78 is 12.7. The highest BCUT2D eigenvalue weighted by Gasteiger charge is 1.99. The van der Waals surface area contributed by atoms with Crippen molar-refractivity contribution in [1.29, 1.82) is 0 Å². The van der Waals surface area contributed by atoms with Crippen LogP contribution in [-0.2, 0) is 6.54 Å². The van der Waals surface area contributed by atoms with Gasteiger partial charge in [0.05, 0.1) is 11.6 Å². The molecule has 0 radical (unpaired) electrons. The summed E-state index contributed by atoms with van der Waals surface area (Å²) in [5.41, 5.74) is 0.891. The molecule has 0 unspecified atom stereocenters. The van der Waals surface area contributed by atoms with Gasteiger partial charge in [-0.15, -0.1) is 0 Å². The molecule has 0 heterocycles. The van der Waals surface area contributed by atoms with Gasteiger partial charge in [-0.3, -0.25) is 0 Å². The van der Waals surface area contributed by atoms with Crippen molar-refractivity contribution < 1.29 is 9.71 Å². The molecule has 60 valence electrons. The zero-order chi connectivity index (χ0) is 8.27. The summed E-state index contributed by atoms with van der Waals surface area (Å²) in [6, 6.07) is 4.76. The number of benzene rings is 1. The minimum Gasteiger partial charge on any atom is -0.475 e. The van der Waals surface area contributed by atoms with E-state index in [2.05, 4.69) is 7.05 Å². The molecule has 11 heavy (non-hydrogen) atoms. The first kappa shape index (κ1) is 8.50. The van der Waals surface area contributed by atoms with E-state index in [0.29, 0.717) is 6.54 Å². The molecule has 0 aromatic heterocycles. The summed E-state index contributed by atoms with van der Waals surface area (Å²) in [4.78, 5) is 0. The van der Waals surface area contributed by atoms with Crippen LogP contribution in [0.2, 0.25) is 5.02 Å². The Morgan fingerprint density at radius 2 is 2.27 bits per heavy atom. The summed E-state index contributed by atoms with van der Waals surface area (Å²) in [5.74, 6) is -0.369. The summed E-state index contributed by atoms with van der Waals surface area (Å²) in [7, 11) is 3.55. The lowest BCUT2D eigenvalue weighted by Crippen LogP contribution is -2.74. The summed E-state index contributed by atoms with van der Waals surface area (Å²) in [5, 5.41) is 1.89. The quantitative estimate of drug-likeness (QED) is 0.650. The van der Waals surface area contributed by atoms with Crippen LogP contribution in [0.3, 0.4) is 0 Å². The third kappa shape index (κ3) is 2.17. The van der Waals surface area contributed by atoms with Crippen LogP contribution >= 0.6 is 11.6 Å². The molecule has 0 fully saturated rings. The molecule has 0 atom stereocenters. The lowest BCUT2D eigenvalue weighted by Gasteiger charge is -2.00. The van der Waals surface area contributed by atoms with Gasteiger partial charge in [-0.1, -0.05) is 17.7 Å². The molecule has 0 amide bonds. The maximum atomic E-state index is 12.7. The highest BCUT2D eigenvalue weighted by Crippen LogP contribution is 2.14. The van der Waals surface area contributed by atoms with Gasteiger partial charge in [0.15, 0.2) is 0 Å². The Morgan fingerprint density at radius 3 is 2.82 bits per heavy atom. The van der Waals surface area contributed by atoms with Crippen LogP contribution in [-0.4, -0.2) is 0 Å². The third-order valence-corrected chi connectivity index (χ3v) is 1.67. The highest BCUT2D eigenvalue weighted by molar-refractivity contribution is 6.30. The molecular weight excluding hydrogens is 165 g/mol. The van der Waals surface area contributed by atoms with Crippen molar-refractivity contribution in [3.8, 4) is 0 Å². The second-order valence-electron chi connectivity index (χ2n) is 2.24. The van der Waals surface area contributed by atoms with E-state index in [4.69, 9.17) is 11.6 Å². The van der Waals surface area contributed by atoms with Crippen molar-refractivity contribution in [3.05, 3.63) is 41.7 Å². The molecule has 0 saturated heterocycles. The van der Waals surface area contributed by atoms with Gasteiger partial charge in [-0.05, 0) is 12.1 Å². The standard InChI is InChI=1S/C8H9ClFN/c1-11-5-6-2-3-7(9)8(10)4-6/h2-4H,1,5,11H2. The summed E-state index contributed by atoms with van der Waals surface area (Å²) in [6.07, 6.45) is 0. The number of nitrogens with two attached hydrogens (primary N) is 1. The third-order valence-electron chi connectivity index (χ3n) is 1.36. The van der Waals surface area contributed by atoms with Crippen molar-refractivity contribution in [2.75, 3.05) is 0 Å². The first-order chi connectivity index (χ1) is 5.24. The predicted molar refractivity (Wildman–Crippen MR) is 42.4 cm³/mol. The topological polar surface area (TPSA) is 16.6 Å². The zero-order valence-electron chi connectivity index (χ0n) is 5.98. The molecule has 0 aliphatic carbocycles. The van der Waals surface area contributed by atoms with Crippen LogP contribution in [0.1, 0.15) is 5.56 Å². The zero-order valence-corrected chi connectivity index (χ0v) is 6.74. The lowest BCUT2D eigenvalue weighted by atomic mass is 10.2. The molecule has 0 aliphatic heterocycles. The van der Waals surface area contributed by atoms with Gasteiger partial charge < -0.3 is 5.32 Å². The average Bonchev–Trinajstić information content (AvgIpc) is 1.98. The van der Waals surface area contributed by atoms with Crippen molar-refractivity contribution in [3.63, 3.8) is 0 Å². The fraction of sp³-hybridized carbons (Fsp3) is 0.125. The molecule has 1 nitrogen and oxygen atoms in total. The van der Waals surface area contributed by atoms with Crippen LogP contribution in [0.15, 0.2) is 18.2 Å². The Morgan fingerprint density at radius 1 is 1.55 bits per heavy atom. The van der Waals surface area contributed by atoms with Gasteiger partial charge in [0, 0.05) is 5.56 Å². The molecule has 0 bridgehead atoms. The first-order valence-electron chi connectivity index (χ1n) is 3.29. The van der Waals surface area contributed by atoms with Gasteiger partial charge in [0.1, 0.15) is 5.82 Å². The molecule has 0 aliphatic rings. The molecule has 3 heteroatoms. The maximum Gasteiger partial charge on any atom is 0.142 e. The van der Waals surface area contributed by atoms with Crippen molar-refractivity contribution in [2.45, 2.75) is 6.54 Å². The van der Waals surface area contributed by atoms with Crippen molar-refractivity contribution in [1.82, 2.24) is 0 Å². The van der Waals surface area contributed by atoms with Crippen molar-refractivity contribution in [2.24, 2.45) is 0 Å². The molecular formula is C8H9ClFN. The number of rotatable bonds is 2. The molecule has 1 aromatic rings. The number of halogens is 2. The number of hydrogen-bond donors (Lipinski definition) is 1. The van der Waals surface area contributed by atoms with E-state index < -0.39 is 0 Å². The monoisotopic (exact) mass is 173 g/mol. The van der Waals surface area contributed by atoms with Gasteiger partial charge in [-0.2, -0.15) is 7.05 Å². The van der Waals surface area contributed by atoms with E-state index in [1.807, 2.05) is 0 Å². The van der Waals surface area contributed by atoms with E-state index in [9.17, 15) is 4.39 Å². The van der Waals surface area contributed by atoms with Crippen LogP contribution in [0.5, 0.6) is 0 Å². The Balaban J connectivity index is 2.86. The van der Waals surface area contributed by atoms with Crippen molar-refractivity contribution >= 4 is 11.6 Å². The van der Waals surface area contributed by atoms with E-state index in [1.54, 1.807) is 17.4 Å². The molecule has 1 rings (SSSR count). The number of hydrogen-bond acceptors (Lipinski definition) is 0. The summed E-state index contributed by atoms with van der Waals surface area (Å²) in [6.45, 7) is 0.675. The summed E-state index contributed by atoms with van der Waals surface area (Å²) >= 11 is 5.48. The fourth-order valence-electron chi connectivity index (χ4n) is 0.833. The predicted octanol–water partition coefficient (Wildman–Crippen LogP) is 1.33.